The third kappa shape index (κ3) is 3.16. The van der Waals surface area contributed by atoms with Crippen LogP contribution in [0.3, 0.4) is 0 Å². The maximum Gasteiger partial charge on any atom is 0.120 e. The zero-order valence-electron chi connectivity index (χ0n) is 13.9. The highest BCUT2D eigenvalue weighted by Gasteiger charge is 2.53. The summed E-state index contributed by atoms with van der Waals surface area (Å²) in [6, 6.07) is 7.95. The molecule has 0 radical (unpaired) electrons. The Hall–Kier alpha value is -1.26. The minimum Gasteiger partial charge on any atom is -0.497 e. The van der Waals surface area contributed by atoms with E-state index in [4.69, 9.17) is 9.47 Å². The Morgan fingerprint density at radius 3 is 2.43 bits per heavy atom. The van der Waals surface area contributed by atoms with Crippen LogP contribution in [-0.2, 0) is 4.74 Å². The van der Waals surface area contributed by atoms with Gasteiger partial charge in [0.2, 0.25) is 0 Å². The average Bonchev–Trinajstić information content (AvgIpc) is 2.57. The lowest BCUT2D eigenvalue weighted by atomic mass is 9.84. The lowest BCUT2D eigenvalue weighted by Crippen LogP contribution is -2.42. The minimum absolute atomic E-state index is 0.0451. The Morgan fingerprint density at radius 2 is 1.90 bits per heavy atom. The molecule has 0 bridgehead atoms. The fraction of sp³-hybridized carbons (Fsp3) is 0.647. The van der Waals surface area contributed by atoms with Crippen LogP contribution in [0.15, 0.2) is 24.3 Å². The first-order valence-electron chi connectivity index (χ1n) is 7.41. The van der Waals surface area contributed by atoms with Gasteiger partial charge in [-0.15, -0.1) is 0 Å². The van der Waals surface area contributed by atoms with Crippen LogP contribution in [-0.4, -0.2) is 43.1 Å². The van der Waals surface area contributed by atoms with E-state index in [0.29, 0.717) is 0 Å². The summed E-state index contributed by atoms with van der Waals surface area (Å²) < 4.78 is 11.3. The third-order valence-corrected chi connectivity index (χ3v) is 4.48. The first kappa shape index (κ1) is 16.1. The zero-order valence-corrected chi connectivity index (χ0v) is 13.9. The first-order valence-corrected chi connectivity index (χ1v) is 7.41. The number of anilines is 1. The van der Waals surface area contributed by atoms with Crippen molar-refractivity contribution < 1.29 is 14.6 Å². The number of aliphatic hydroxyl groups is 1. The fourth-order valence-electron chi connectivity index (χ4n) is 3.25. The molecule has 1 heterocycles. The number of aliphatic hydroxyl groups excluding tert-OH is 1. The Kier molecular flexibility index (Phi) is 4.22. The number of ether oxygens (including phenoxy) is 2. The van der Waals surface area contributed by atoms with Gasteiger partial charge in [-0.25, -0.2) is 0 Å². The Labute approximate surface area is 127 Å². The quantitative estimate of drug-likeness (QED) is 0.927. The van der Waals surface area contributed by atoms with Crippen LogP contribution in [0, 0.1) is 5.92 Å². The Morgan fingerprint density at radius 1 is 1.24 bits per heavy atom. The van der Waals surface area contributed by atoms with Crippen LogP contribution < -0.4 is 9.64 Å². The zero-order chi connectivity index (χ0) is 15.8. The van der Waals surface area contributed by atoms with Crippen LogP contribution in [0.5, 0.6) is 5.75 Å². The largest absolute Gasteiger partial charge is 0.497 e. The van der Waals surface area contributed by atoms with E-state index in [-0.39, 0.29) is 11.5 Å². The van der Waals surface area contributed by atoms with Gasteiger partial charge in [-0.2, -0.15) is 0 Å². The molecule has 0 saturated carbocycles. The first-order chi connectivity index (χ1) is 9.67. The molecular weight excluding hydrogens is 266 g/mol. The molecule has 2 rings (SSSR count). The van der Waals surface area contributed by atoms with E-state index >= 15 is 0 Å². The van der Waals surface area contributed by atoms with Crippen LogP contribution in [0.2, 0.25) is 0 Å². The van der Waals surface area contributed by atoms with Gasteiger partial charge >= 0.3 is 0 Å². The summed E-state index contributed by atoms with van der Waals surface area (Å²) in [7, 11) is 3.70. The summed E-state index contributed by atoms with van der Waals surface area (Å²) in [4.78, 5) is 2.14. The summed E-state index contributed by atoms with van der Waals surface area (Å²) in [6.45, 7) is 8.73. The molecular formula is C17H27NO3. The molecule has 1 fully saturated rings. The SMILES string of the molecule is COc1cccc(N(C)CC2C(O)C(C)(C)OC2(C)C)c1. The molecule has 0 spiro atoms. The predicted octanol–water partition coefficient (Wildman–Crippen LogP) is 2.70. The van der Waals surface area contributed by atoms with Crippen molar-refractivity contribution in [3.05, 3.63) is 24.3 Å². The van der Waals surface area contributed by atoms with Gasteiger partial charge in [0.1, 0.15) is 5.75 Å². The topological polar surface area (TPSA) is 41.9 Å². The highest BCUT2D eigenvalue weighted by atomic mass is 16.5. The van der Waals surface area contributed by atoms with Gasteiger partial charge in [-0.1, -0.05) is 6.07 Å². The van der Waals surface area contributed by atoms with E-state index in [2.05, 4.69) is 18.7 Å². The number of nitrogens with zero attached hydrogens (tertiary/aromatic N) is 1. The van der Waals surface area contributed by atoms with E-state index in [9.17, 15) is 5.11 Å². The highest BCUT2D eigenvalue weighted by molar-refractivity contribution is 5.50. The Bertz CT molecular complexity index is 499. The van der Waals surface area contributed by atoms with Crippen molar-refractivity contribution in [2.75, 3.05) is 25.6 Å². The van der Waals surface area contributed by atoms with Crippen LogP contribution in [0.4, 0.5) is 5.69 Å². The van der Waals surface area contributed by atoms with Crippen molar-refractivity contribution in [3.63, 3.8) is 0 Å². The van der Waals surface area contributed by atoms with Crippen molar-refractivity contribution in [1.29, 1.82) is 0 Å². The number of hydrogen-bond donors (Lipinski definition) is 1. The third-order valence-electron chi connectivity index (χ3n) is 4.48. The van der Waals surface area contributed by atoms with Gasteiger partial charge in [0.15, 0.2) is 0 Å². The molecule has 0 amide bonds. The van der Waals surface area contributed by atoms with Crippen LogP contribution >= 0.6 is 0 Å². The molecule has 2 atom stereocenters. The molecule has 1 aromatic carbocycles. The summed E-state index contributed by atoms with van der Waals surface area (Å²) >= 11 is 0. The second kappa shape index (κ2) is 5.50. The van der Waals surface area contributed by atoms with Crippen molar-refractivity contribution in [1.82, 2.24) is 0 Å². The lowest BCUT2D eigenvalue weighted by molar-refractivity contribution is -0.0906. The molecule has 2 unspecified atom stereocenters. The predicted molar refractivity (Wildman–Crippen MR) is 85.0 cm³/mol. The summed E-state index contributed by atoms with van der Waals surface area (Å²) in [5.41, 5.74) is 0.210. The molecule has 118 valence electrons. The van der Waals surface area contributed by atoms with Crippen LogP contribution in [0.25, 0.3) is 0 Å². The molecule has 1 saturated heterocycles. The summed E-state index contributed by atoms with van der Waals surface area (Å²) in [6.07, 6.45) is -0.486. The molecule has 21 heavy (non-hydrogen) atoms. The van der Waals surface area contributed by atoms with Crippen molar-refractivity contribution in [3.8, 4) is 5.75 Å². The molecule has 1 aliphatic rings. The highest BCUT2D eigenvalue weighted by Crippen LogP contribution is 2.42. The molecule has 1 aromatic rings. The number of benzene rings is 1. The summed E-state index contributed by atoms with van der Waals surface area (Å²) in [5.74, 6) is 0.880. The minimum atomic E-state index is -0.511. The monoisotopic (exact) mass is 293 g/mol. The van der Waals surface area contributed by atoms with Gasteiger partial charge in [0, 0.05) is 31.3 Å². The fourth-order valence-corrected chi connectivity index (χ4v) is 3.25. The van der Waals surface area contributed by atoms with Gasteiger partial charge in [-0.3, -0.25) is 0 Å². The maximum atomic E-state index is 10.6. The molecule has 0 aliphatic carbocycles. The van der Waals surface area contributed by atoms with E-state index in [0.717, 1.165) is 18.0 Å². The second-order valence-electron chi connectivity index (χ2n) is 6.94. The Balaban J connectivity index is 2.16. The van der Waals surface area contributed by atoms with E-state index in [1.165, 1.54) is 0 Å². The van der Waals surface area contributed by atoms with Gasteiger partial charge in [0.25, 0.3) is 0 Å². The van der Waals surface area contributed by atoms with Crippen molar-refractivity contribution >= 4 is 5.69 Å². The molecule has 1 aliphatic heterocycles. The number of methoxy groups -OCH3 is 1. The van der Waals surface area contributed by atoms with Gasteiger partial charge < -0.3 is 19.5 Å². The van der Waals surface area contributed by atoms with E-state index < -0.39 is 11.7 Å². The lowest BCUT2D eigenvalue weighted by Gasteiger charge is -2.32. The van der Waals surface area contributed by atoms with Crippen molar-refractivity contribution in [2.45, 2.75) is 45.0 Å². The molecule has 1 N–H and O–H groups in total. The van der Waals surface area contributed by atoms with E-state index in [1.54, 1.807) is 7.11 Å². The van der Waals surface area contributed by atoms with Gasteiger partial charge in [0.05, 0.1) is 24.4 Å². The normalized spacial score (nSPS) is 26.6. The summed E-state index contributed by atoms with van der Waals surface area (Å²) in [5, 5.41) is 10.6. The molecule has 4 heteroatoms. The number of hydrogen-bond acceptors (Lipinski definition) is 4. The number of rotatable bonds is 4. The standard InChI is InChI=1S/C17H27NO3/c1-16(2)14(15(19)17(3,4)21-16)11-18(5)12-8-7-9-13(10-12)20-6/h7-10,14-15,19H,11H2,1-6H3. The second-order valence-corrected chi connectivity index (χ2v) is 6.94. The van der Waals surface area contributed by atoms with Gasteiger partial charge in [-0.05, 0) is 39.8 Å². The molecule has 0 aromatic heterocycles. The maximum absolute atomic E-state index is 10.6. The smallest absolute Gasteiger partial charge is 0.120 e. The average molecular weight is 293 g/mol. The van der Waals surface area contributed by atoms with E-state index in [1.807, 2.05) is 45.2 Å². The molecule has 4 nitrogen and oxygen atoms in total. The van der Waals surface area contributed by atoms with Crippen molar-refractivity contribution in [2.24, 2.45) is 5.92 Å². The van der Waals surface area contributed by atoms with Crippen LogP contribution in [0.1, 0.15) is 27.7 Å².